The molecule has 0 unspecified atom stereocenters. The lowest BCUT2D eigenvalue weighted by Gasteiger charge is -2.29. The summed E-state index contributed by atoms with van der Waals surface area (Å²) in [7, 11) is 0.264. The Morgan fingerprint density at radius 1 is 1.08 bits per heavy atom. The summed E-state index contributed by atoms with van der Waals surface area (Å²) in [6.45, 7) is 14.0. The number of benzene rings is 1. The zero-order valence-electron chi connectivity index (χ0n) is 17.5. The van der Waals surface area contributed by atoms with Gasteiger partial charge in [0.25, 0.3) is 0 Å². The van der Waals surface area contributed by atoms with Crippen LogP contribution in [0.3, 0.4) is 0 Å². The molecule has 0 saturated carbocycles. The first-order valence-corrected chi connectivity index (χ1v) is 13.0. The van der Waals surface area contributed by atoms with Crippen LogP contribution in [0.4, 0.5) is 0 Å². The van der Waals surface area contributed by atoms with Crippen LogP contribution >= 0.6 is 0 Å². The fourth-order valence-corrected chi connectivity index (χ4v) is 3.63. The zero-order valence-corrected chi connectivity index (χ0v) is 18.5. The van der Waals surface area contributed by atoms with E-state index in [2.05, 4.69) is 51.9 Å². The van der Waals surface area contributed by atoms with Gasteiger partial charge in [-0.3, -0.25) is 0 Å². The predicted octanol–water partition coefficient (Wildman–Crippen LogP) is 4.75. The van der Waals surface area contributed by atoms with E-state index in [1.807, 2.05) is 24.3 Å². The fraction of sp³-hybridized carbons (Fsp3) is 0.636. The monoisotopic (exact) mass is 376 g/mol. The molecule has 0 aliphatic heterocycles. The van der Waals surface area contributed by atoms with Crippen molar-refractivity contribution in [2.24, 2.45) is 17.8 Å². The number of aliphatic hydroxyl groups is 1. The highest BCUT2D eigenvalue weighted by Crippen LogP contribution is 2.25. The normalized spacial score (nSPS) is 16.2. The van der Waals surface area contributed by atoms with E-state index in [1.165, 1.54) is 0 Å². The number of aliphatic hydroxyl groups excluding tert-OH is 1. The highest BCUT2D eigenvalue weighted by molar-refractivity contribution is 6.83. The first kappa shape index (κ1) is 22.8. The van der Waals surface area contributed by atoms with Gasteiger partial charge in [0.2, 0.25) is 0 Å². The molecule has 0 fully saturated rings. The van der Waals surface area contributed by atoms with Crippen molar-refractivity contribution in [3.63, 3.8) is 0 Å². The fourth-order valence-electron chi connectivity index (χ4n) is 2.97. The molecule has 1 N–H and O–H groups in total. The van der Waals surface area contributed by atoms with E-state index in [0.717, 1.165) is 17.7 Å². The van der Waals surface area contributed by atoms with Crippen LogP contribution < -0.4 is 4.74 Å². The van der Waals surface area contributed by atoms with Gasteiger partial charge in [-0.2, -0.15) is 0 Å². The molecular weight excluding hydrogens is 340 g/mol. The van der Waals surface area contributed by atoms with Gasteiger partial charge in [-0.15, -0.1) is 11.5 Å². The van der Waals surface area contributed by atoms with E-state index in [0.29, 0.717) is 12.5 Å². The van der Waals surface area contributed by atoms with E-state index in [-0.39, 0.29) is 24.5 Å². The largest absolute Gasteiger partial charge is 0.497 e. The molecule has 1 aromatic rings. The minimum atomic E-state index is -1.41. The second-order valence-corrected chi connectivity index (χ2v) is 13.2. The summed E-state index contributed by atoms with van der Waals surface area (Å²) in [5, 5.41) is 9.40. The van der Waals surface area contributed by atoms with Gasteiger partial charge >= 0.3 is 0 Å². The second kappa shape index (κ2) is 10.8. The van der Waals surface area contributed by atoms with Gasteiger partial charge in [0, 0.05) is 12.5 Å². The van der Waals surface area contributed by atoms with E-state index >= 15 is 0 Å². The van der Waals surface area contributed by atoms with Crippen molar-refractivity contribution < 1.29 is 14.6 Å². The van der Waals surface area contributed by atoms with Crippen LogP contribution in [0.5, 0.6) is 5.75 Å². The van der Waals surface area contributed by atoms with E-state index in [1.54, 1.807) is 7.11 Å². The Balaban J connectivity index is 2.85. The van der Waals surface area contributed by atoms with Gasteiger partial charge in [-0.25, -0.2) is 0 Å². The van der Waals surface area contributed by atoms with Crippen LogP contribution in [0, 0.1) is 29.2 Å². The first-order valence-electron chi connectivity index (χ1n) is 9.54. The van der Waals surface area contributed by atoms with Crippen molar-refractivity contribution in [3.05, 3.63) is 29.8 Å². The Bertz CT molecular complexity index is 580. The molecule has 0 aliphatic carbocycles. The summed E-state index contributed by atoms with van der Waals surface area (Å²) in [5.74, 6) is 5.08. The number of rotatable bonds is 9. The van der Waals surface area contributed by atoms with Crippen LogP contribution in [-0.4, -0.2) is 33.0 Å². The summed E-state index contributed by atoms with van der Waals surface area (Å²) in [5.41, 5.74) is 4.61. The Labute approximate surface area is 161 Å². The maximum Gasteiger partial charge on any atom is 0.129 e. The average molecular weight is 377 g/mol. The number of hydrogen-bond donors (Lipinski definition) is 1. The molecule has 26 heavy (non-hydrogen) atoms. The minimum absolute atomic E-state index is 0.0509. The highest BCUT2D eigenvalue weighted by atomic mass is 28.3. The third-order valence-electron chi connectivity index (χ3n) is 4.42. The van der Waals surface area contributed by atoms with E-state index in [4.69, 9.17) is 9.47 Å². The summed E-state index contributed by atoms with van der Waals surface area (Å²) < 4.78 is 11.5. The van der Waals surface area contributed by atoms with Gasteiger partial charge < -0.3 is 14.6 Å². The van der Waals surface area contributed by atoms with Crippen molar-refractivity contribution in [3.8, 4) is 17.2 Å². The third kappa shape index (κ3) is 8.40. The SMILES string of the molecule is COc1ccc(CO[C@@H]([C@@H](C)C#C[Si](C)(C)C)[C@@H](C)C[C@@H](C)CO)cc1. The van der Waals surface area contributed by atoms with Crippen LogP contribution in [0.2, 0.25) is 19.6 Å². The van der Waals surface area contributed by atoms with E-state index in [9.17, 15) is 5.11 Å². The Kier molecular flexibility index (Phi) is 9.42. The molecule has 0 aliphatic rings. The summed E-state index contributed by atoms with van der Waals surface area (Å²) in [6.07, 6.45) is 0.984. The molecule has 4 heteroatoms. The average Bonchev–Trinajstić information content (AvgIpc) is 2.59. The number of methoxy groups -OCH3 is 1. The number of hydrogen-bond acceptors (Lipinski definition) is 3. The molecule has 146 valence electrons. The standard InChI is InChI=1S/C22H36O3Si/c1-17(15-23)14-19(3)22(18(2)12-13-26(5,6)7)25-16-20-8-10-21(24-4)11-9-20/h8-11,17-19,22-23H,14-16H2,1-7H3/t17-,18+,19+,22+/m1/s1. The molecule has 1 aromatic carbocycles. The smallest absolute Gasteiger partial charge is 0.129 e. The van der Waals surface area contributed by atoms with Crippen molar-refractivity contribution in [2.75, 3.05) is 13.7 Å². The topological polar surface area (TPSA) is 38.7 Å². The second-order valence-electron chi connectivity index (χ2n) is 8.43. The molecule has 0 bridgehead atoms. The number of ether oxygens (including phenoxy) is 2. The molecule has 0 heterocycles. The molecule has 1 rings (SSSR count). The zero-order chi connectivity index (χ0) is 19.7. The lowest BCUT2D eigenvalue weighted by Crippen LogP contribution is -2.30. The molecule has 0 amide bonds. The van der Waals surface area contributed by atoms with Gasteiger partial charge in [-0.05, 0) is 42.9 Å². The Hall–Kier alpha value is -1.28. The van der Waals surface area contributed by atoms with Gasteiger partial charge in [-0.1, -0.05) is 45.6 Å². The highest BCUT2D eigenvalue weighted by Gasteiger charge is 2.25. The van der Waals surface area contributed by atoms with Crippen LogP contribution in [-0.2, 0) is 11.3 Å². The van der Waals surface area contributed by atoms with Crippen LogP contribution in [0.1, 0.15) is 32.8 Å². The summed E-state index contributed by atoms with van der Waals surface area (Å²) in [6, 6.07) is 7.99. The molecule has 0 spiro atoms. The van der Waals surface area contributed by atoms with E-state index < -0.39 is 8.07 Å². The lowest BCUT2D eigenvalue weighted by atomic mass is 9.87. The molecule has 0 aromatic heterocycles. The Morgan fingerprint density at radius 3 is 2.19 bits per heavy atom. The minimum Gasteiger partial charge on any atom is -0.497 e. The quantitative estimate of drug-likeness (QED) is 0.499. The van der Waals surface area contributed by atoms with Crippen molar-refractivity contribution in [1.82, 2.24) is 0 Å². The van der Waals surface area contributed by atoms with Gasteiger partial charge in [0.05, 0.1) is 19.8 Å². The predicted molar refractivity (Wildman–Crippen MR) is 112 cm³/mol. The van der Waals surface area contributed by atoms with Gasteiger partial charge in [0.15, 0.2) is 0 Å². The lowest BCUT2D eigenvalue weighted by molar-refractivity contribution is -0.0218. The molecule has 0 saturated heterocycles. The summed E-state index contributed by atoms with van der Waals surface area (Å²) in [4.78, 5) is 0. The van der Waals surface area contributed by atoms with Crippen LogP contribution in [0.15, 0.2) is 24.3 Å². The first-order chi connectivity index (χ1) is 12.2. The maximum atomic E-state index is 9.40. The van der Waals surface area contributed by atoms with Crippen LogP contribution in [0.25, 0.3) is 0 Å². The Morgan fingerprint density at radius 2 is 1.69 bits per heavy atom. The van der Waals surface area contributed by atoms with Crippen molar-refractivity contribution in [1.29, 1.82) is 0 Å². The summed E-state index contributed by atoms with van der Waals surface area (Å²) >= 11 is 0. The molecule has 0 radical (unpaired) electrons. The molecule has 3 nitrogen and oxygen atoms in total. The van der Waals surface area contributed by atoms with Crippen molar-refractivity contribution >= 4 is 8.07 Å². The molecule has 4 atom stereocenters. The third-order valence-corrected chi connectivity index (χ3v) is 5.31. The maximum absolute atomic E-state index is 9.40. The van der Waals surface area contributed by atoms with Crippen molar-refractivity contribution in [2.45, 2.75) is 59.5 Å². The van der Waals surface area contributed by atoms with Gasteiger partial charge in [0.1, 0.15) is 13.8 Å². The molecular formula is C22H36O3Si.